The maximum absolute atomic E-state index is 13.0. The van der Waals surface area contributed by atoms with Crippen molar-refractivity contribution >= 4 is 45.8 Å². The van der Waals surface area contributed by atoms with Crippen LogP contribution in [0.25, 0.3) is 22.0 Å². The molecule has 0 unspecified atom stereocenters. The zero-order valence-electron chi connectivity index (χ0n) is 18.0. The number of aromatic amines is 1. The number of aromatic nitrogens is 4. The third kappa shape index (κ3) is 4.99. The summed E-state index contributed by atoms with van der Waals surface area (Å²) in [5.41, 5.74) is 1.21. The van der Waals surface area contributed by atoms with Crippen LogP contribution in [-0.2, 0) is 22.3 Å². The zero-order valence-corrected chi connectivity index (χ0v) is 18.7. The van der Waals surface area contributed by atoms with Crippen molar-refractivity contribution in [2.24, 2.45) is 5.92 Å². The molecule has 1 saturated carbocycles. The number of carbonyl (C=O) groups is 2. The van der Waals surface area contributed by atoms with Crippen molar-refractivity contribution in [3.63, 3.8) is 0 Å². The van der Waals surface area contributed by atoms with E-state index in [4.69, 9.17) is 11.6 Å². The van der Waals surface area contributed by atoms with Gasteiger partial charge in [0.1, 0.15) is 6.54 Å². The van der Waals surface area contributed by atoms with Gasteiger partial charge in [-0.15, -0.1) is 0 Å². The van der Waals surface area contributed by atoms with Gasteiger partial charge >= 0.3 is 6.18 Å². The van der Waals surface area contributed by atoms with Crippen LogP contribution in [0.4, 0.5) is 24.7 Å². The third-order valence-corrected chi connectivity index (χ3v) is 5.91. The molecule has 1 aliphatic rings. The number of amides is 2. The van der Waals surface area contributed by atoms with Crippen molar-refractivity contribution in [3.8, 4) is 11.1 Å². The van der Waals surface area contributed by atoms with E-state index in [1.54, 1.807) is 12.4 Å². The minimum Gasteiger partial charge on any atom is -0.324 e. The first-order valence-corrected chi connectivity index (χ1v) is 11.0. The molecule has 180 valence electrons. The number of rotatable bonds is 6. The molecule has 35 heavy (non-hydrogen) atoms. The molecule has 0 saturated heterocycles. The van der Waals surface area contributed by atoms with Crippen molar-refractivity contribution in [1.82, 2.24) is 20.0 Å². The largest absolute Gasteiger partial charge is 0.417 e. The number of alkyl halides is 3. The van der Waals surface area contributed by atoms with Gasteiger partial charge in [0.05, 0.1) is 22.3 Å². The van der Waals surface area contributed by atoms with Gasteiger partial charge in [-0.05, 0) is 48.7 Å². The summed E-state index contributed by atoms with van der Waals surface area (Å²) in [6.45, 7) is -0.201. The lowest BCUT2D eigenvalue weighted by Gasteiger charge is -2.11. The Kier molecular flexibility index (Phi) is 5.72. The molecule has 1 aliphatic carbocycles. The molecule has 1 fully saturated rings. The molecule has 12 heteroatoms. The van der Waals surface area contributed by atoms with Crippen LogP contribution in [0.3, 0.4) is 0 Å². The summed E-state index contributed by atoms with van der Waals surface area (Å²) in [5, 5.41) is 16.8. The topological polar surface area (TPSA) is 105 Å². The van der Waals surface area contributed by atoms with E-state index in [0.717, 1.165) is 47.0 Å². The van der Waals surface area contributed by atoms with E-state index in [0.29, 0.717) is 5.82 Å². The lowest BCUT2D eigenvalue weighted by atomic mass is 10.1. The van der Waals surface area contributed by atoms with Gasteiger partial charge in [-0.1, -0.05) is 17.7 Å². The van der Waals surface area contributed by atoms with Gasteiger partial charge in [0.15, 0.2) is 5.82 Å². The van der Waals surface area contributed by atoms with Gasteiger partial charge in [0.2, 0.25) is 11.8 Å². The van der Waals surface area contributed by atoms with Gasteiger partial charge in [0.25, 0.3) is 0 Å². The molecule has 3 N–H and O–H groups in total. The van der Waals surface area contributed by atoms with Crippen molar-refractivity contribution in [2.45, 2.75) is 25.6 Å². The summed E-state index contributed by atoms with van der Waals surface area (Å²) in [4.78, 5) is 24.4. The maximum atomic E-state index is 13.0. The number of fused-ring (bicyclic) bond motifs is 1. The molecule has 0 aliphatic heterocycles. The van der Waals surface area contributed by atoms with E-state index in [-0.39, 0.29) is 24.1 Å². The quantitative estimate of drug-likeness (QED) is 0.342. The average molecular weight is 503 g/mol. The fourth-order valence-electron chi connectivity index (χ4n) is 3.63. The fraction of sp³-hybridized carbons (Fsp3) is 0.217. The Morgan fingerprint density at radius 2 is 1.91 bits per heavy atom. The highest BCUT2D eigenvalue weighted by molar-refractivity contribution is 6.31. The second kappa shape index (κ2) is 8.73. The molecule has 2 aromatic heterocycles. The Morgan fingerprint density at radius 1 is 1.11 bits per heavy atom. The summed E-state index contributed by atoms with van der Waals surface area (Å²) in [6.07, 6.45) is 0.387. The number of hydrogen-bond acceptors (Lipinski definition) is 4. The van der Waals surface area contributed by atoms with E-state index in [2.05, 4.69) is 25.9 Å². The van der Waals surface area contributed by atoms with Crippen LogP contribution in [0.5, 0.6) is 0 Å². The maximum Gasteiger partial charge on any atom is 0.417 e. The predicted molar refractivity (Wildman–Crippen MR) is 124 cm³/mol. The summed E-state index contributed by atoms with van der Waals surface area (Å²) in [7, 11) is 0. The van der Waals surface area contributed by atoms with Crippen LogP contribution >= 0.6 is 11.6 Å². The van der Waals surface area contributed by atoms with Crippen molar-refractivity contribution in [2.75, 3.05) is 10.6 Å². The van der Waals surface area contributed by atoms with Crippen LogP contribution in [0.2, 0.25) is 5.02 Å². The van der Waals surface area contributed by atoms with Gasteiger partial charge in [-0.2, -0.15) is 23.4 Å². The van der Waals surface area contributed by atoms with Crippen LogP contribution in [0.1, 0.15) is 18.4 Å². The molecule has 8 nitrogen and oxygen atoms in total. The minimum absolute atomic E-state index is 0.0200. The van der Waals surface area contributed by atoms with Crippen LogP contribution in [0.15, 0.2) is 48.8 Å². The minimum atomic E-state index is -4.63. The number of H-pyrrole nitrogens is 1. The molecule has 5 rings (SSSR count). The number of anilines is 2. The first-order chi connectivity index (χ1) is 16.7. The van der Waals surface area contributed by atoms with Crippen LogP contribution in [-0.4, -0.2) is 31.8 Å². The molecule has 2 heterocycles. The molecule has 2 amide bonds. The number of nitrogens with zero attached hydrogens (tertiary/aromatic N) is 3. The lowest BCUT2D eigenvalue weighted by molar-refractivity contribution is -0.137. The molecular formula is C23H18ClF3N6O2. The highest BCUT2D eigenvalue weighted by Gasteiger charge is 2.33. The lowest BCUT2D eigenvalue weighted by Crippen LogP contribution is -2.19. The van der Waals surface area contributed by atoms with E-state index in [1.807, 2.05) is 18.2 Å². The van der Waals surface area contributed by atoms with Crippen LogP contribution < -0.4 is 10.6 Å². The number of halogens is 4. The number of benzene rings is 2. The van der Waals surface area contributed by atoms with Crippen molar-refractivity contribution in [3.05, 3.63) is 59.4 Å². The first kappa shape index (κ1) is 22.9. The van der Waals surface area contributed by atoms with E-state index >= 15 is 0 Å². The SMILES string of the molecule is O=C(Cn1cc(-c2ccc3c(NC(=O)C4CC4)n[nH]c3c2)cn1)Nc1ccc(Cl)c(C(F)(F)F)c1. The summed E-state index contributed by atoms with van der Waals surface area (Å²) in [5.74, 6) is -0.0347. The Balaban J connectivity index is 1.27. The van der Waals surface area contributed by atoms with Gasteiger partial charge in [0, 0.05) is 28.8 Å². The zero-order chi connectivity index (χ0) is 24.7. The summed E-state index contributed by atoms with van der Waals surface area (Å²) < 4.78 is 40.5. The number of hydrogen-bond donors (Lipinski definition) is 3. The Morgan fingerprint density at radius 3 is 2.66 bits per heavy atom. The van der Waals surface area contributed by atoms with Gasteiger partial charge < -0.3 is 10.6 Å². The van der Waals surface area contributed by atoms with E-state index in [1.165, 1.54) is 10.7 Å². The summed E-state index contributed by atoms with van der Waals surface area (Å²) in [6, 6.07) is 8.70. The fourth-order valence-corrected chi connectivity index (χ4v) is 3.85. The van der Waals surface area contributed by atoms with Gasteiger partial charge in [-0.25, -0.2) is 0 Å². The molecule has 0 radical (unpaired) electrons. The monoisotopic (exact) mass is 502 g/mol. The highest BCUT2D eigenvalue weighted by Crippen LogP contribution is 2.36. The summed E-state index contributed by atoms with van der Waals surface area (Å²) >= 11 is 5.61. The molecule has 0 spiro atoms. The predicted octanol–water partition coefficient (Wildman–Crippen LogP) is 5.09. The molecule has 0 bridgehead atoms. The van der Waals surface area contributed by atoms with E-state index in [9.17, 15) is 22.8 Å². The Labute approximate surface area is 201 Å². The van der Waals surface area contributed by atoms with Gasteiger partial charge in [-0.3, -0.25) is 19.4 Å². The standard InChI is InChI=1S/C23H18ClF3N6O2/c24-18-6-4-15(8-17(18)23(25,26)27)29-20(34)11-33-10-14(9-28-33)13-3-5-16-19(7-13)31-32-21(16)30-22(35)12-1-2-12/h3-10,12H,1-2,11H2,(H,29,34)(H2,30,31,32,35). The molecular weight excluding hydrogens is 485 g/mol. The molecule has 0 atom stereocenters. The molecule has 4 aromatic rings. The molecule has 2 aromatic carbocycles. The second-order valence-electron chi connectivity index (χ2n) is 8.26. The van der Waals surface area contributed by atoms with Crippen molar-refractivity contribution in [1.29, 1.82) is 0 Å². The third-order valence-electron chi connectivity index (χ3n) is 5.58. The average Bonchev–Trinajstić information content (AvgIpc) is 3.44. The van der Waals surface area contributed by atoms with Crippen LogP contribution in [0, 0.1) is 5.92 Å². The number of nitrogens with one attached hydrogen (secondary N) is 3. The normalized spacial score (nSPS) is 13.7. The van der Waals surface area contributed by atoms with Crippen molar-refractivity contribution < 1.29 is 22.8 Å². The Hall–Kier alpha value is -3.86. The smallest absolute Gasteiger partial charge is 0.324 e. The first-order valence-electron chi connectivity index (χ1n) is 10.7. The van der Waals surface area contributed by atoms with E-state index < -0.39 is 22.7 Å². The second-order valence-corrected chi connectivity index (χ2v) is 8.67. The highest BCUT2D eigenvalue weighted by atomic mass is 35.5. The number of carbonyl (C=O) groups excluding carboxylic acids is 2. The Bertz CT molecular complexity index is 1440.